The summed E-state index contributed by atoms with van der Waals surface area (Å²) >= 11 is 0. The van der Waals surface area contributed by atoms with Gasteiger partial charge < -0.3 is 5.32 Å². The van der Waals surface area contributed by atoms with E-state index in [1.165, 1.54) is 12.1 Å². The largest absolute Gasteiger partial charge is 0.349 e. The van der Waals surface area contributed by atoms with E-state index in [-0.39, 0.29) is 23.2 Å². The van der Waals surface area contributed by atoms with Crippen LogP contribution in [0.2, 0.25) is 0 Å². The first-order valence-electron chi connectivity index (χ1n) is 9.11. The standard InChI is InChI=1S/C21H30FN3O/c1-14-18(15(2)25(6)24-14)11-12-20(26)23-19(13-21(3,4)5)16-7-9-17(22)10-8-16/h7-10,19H,11-13H2,1-6H3,(H,23,26)/t19-/m1/s1. The fraction of sp³-hybridized carbons (Fsp3) is 0.524. The van der Waals surface area contributed by atoms with Crippen molar-refractivity contribution >= 4 is 5.91 Å². The highest BCUT2D eigenvalue weighted by atomic mass is 19.1. The van der Waals surface area contributed by atoms with Crippen LogP contribution in [0.3, 0.4) is 0 Å². The predicted molar refractivity (Wildman–Crippen MR) is 102 cm³/mol. The average molecular weight is 359 g/mol. The zero-order valence-corrected chi connectivity index (χ0v) is 16.7. The Balaban J connectivity index is 2.07. The van der Waals surface area contributed by atoms with Gasteiger partial charge >= 0.3 is 0 Å². The molecule has 1 N–H and O–H groups in total. The fourth-order valence-electron chi connectivity index (χ4n) is 3.24. The van der Waals surface area contributed by atoms with Crippen molar-refractivity contribution < 1.29 is 9.18 Å². The smallest absolute Gasteiger partial charge is 0.220 e. The molecule has 0 radical (unpaired) electrons. The number of hydrogen-bond acceptors (Lipinski definition) is 2. The van der Waals surface area contributed by atoms with E-state index in [9.17, 15) is 9.18 Å². The molecular weight excluding hydrogens is 329 g/mol. The number of hydrogen-bond donors (Lipinski definition) is 1. The van der Waals surface area contributed by atoms with E-state index in [0.29, 0.717) is 12.8 Å². The lowest BCUT2D eigenvalue weighted by Gasteiger charge is -2.27. The molecule has 0 fully saturated rings. The Morgan fingerprint density at radius 1 is 1.23 bits per heavy atom. The summed E-state index contributed by atoms with van der Waals surface area (Å²) in [7, 11) is 1.92. The van der Waals surface area contributed by atoms with Crippen molar-refractivity contribution in [3.8, 4) is 0 Å². The van der Waals surface area contributed by atoms with Gasteiger partial charge in [0.2, 0.25) is 5.91 Å². The zero-order valence-electron chi connectivity index (χ0n) is 16.7. The summed E-state index contributed by atoms with van der Waals surface area (Å²) in [4.78, 5) is 12.6. The van der Waals surface area contributed by atoms with Crippen molar-refractivity contribution in [2.45, 2.75) is 59.9 Å². The third-order valence-corrected chi connectivity index (χ3v) is 4.69. The average Bonchev–Trinajstić information content (AvgIpc) is 2.77. The summed E-state index contributed by atoms with van der Waals surface area (Å²) < 4.78 is 15.1. The molecule has 1 aromatic heterocycles. The lowest BCUT2D eigenvalue weighted by Crippen LogP contribution is -2.31. The highest BCUT2D eigenvalue weighted by Gasteiger charge is 2.22. The molecule has 0 bridgehead atoms. The first-order chi connectivity index (χ1) is 12.1. The number of aromatic nitrogens is 2. The van der Waals surface area contributed by atoms with E-state index in [1.807, 2.05) is 25.6 Å². The predicted octanol–water partition coefficient (Wildman–Crippen LogP) is 4.40. The minimum absolute atomic E-state index is 0.00577. The van der Waals surface area contributed by atoms with Crippen molar-refractivity contribution in [3.63, 3.8) is 0 Å². The number of carbonyl (C=O) groups excluding carboxylic acids is 1. The number of nitrogens with one attached hydrogen (secondary N) is 1. The number of aryl methyl sites for hydroxylation is 2. The van der Waals surface area contributed by atoms with Crippen molar-refractivity contribution in [2.24, 2.45) is 12.5 Å². The molecule has 0 saturated carbocycles. The van der Waals surface area contributed by atoms with Gasteiger partial charge in [0.15, 0.2) is 0 Å². The molecular formula is C21H30FN3O. The second-order valence-corrected chi connectivity index (χ2v) is 8.21. The zero-order chi connectivity index (χ0) is 19.5. The maximum absolute atomic E-state index is 13.2. The highest BCUT2D eigenvalue weighted by molar-refractivity contribution is 5.76. The molecule has 1 atom stereocenters. The second-order valence-electron chi connectivity index (χ2n) is 8.21. The maximum atomic E-state index is 13.2. The molecule has 26 heavy (non-hydrogen) atoms. The van der Waals surface area contributed by atoms with Gasteiger partial charge in [0, 0.05) is 19.2 Å². The van der Waals surface area contributed by atoms with Gasteiger partial charge in [0.25, 0.3) is 0 Å². The summed E-state index contributed by atoms with van der Waals surface area (Å²) in [5.74, 6) is -0.261. The van der Waals surface area contributed by atoms with Crippen LogP contribution >= 0.6 is 0 Å². The van der Waals surface area contributed by atoms with Gasteiger partial charge in [-0.15, -0.1) is 0 Å². The highest BCUT2D eigenvalue weighted by Crippen LogP contribution is 2.29. The van der Waals surface area contributed by atoms with Crippen molar-refractivity contribution in [1.82, 2.24) is 15.1 Å². The SMILES string of the molecule is Cc1nn(C)c(C)c1CCC(=O)N[C@H](CC(C)(C)C)c1ccc(F)cc1. The molecule has 0 saturated heterocycles. The maximum Gasteiger partial charge on any atom is 0.220 e. The Hall–Kier alpha value is -2.17. The van der Waals surface area contributed by atoms with E-state index >= 15 is 0 Å². The van der Waals surface area contributed by atoms with Gasteiger partial charge in [-0.2, -0.15) is 5.10 Å². The molecule has 0 unspecified atom stereocenters. The van der Waals surface area contributed by atoms with Gasteiger partial charge in [-0.25, -0.2) is 4.39 Å². The van der Waals surface area contributed by atoms with Crippen LogP contribution in [0.4, 0.5) is 4.39 Å². The van der Waals surface area contributed by atoms with Crippen molar-refractivity contribution in [1.29, 1.82) is 0 Å². The lowest BCUT2D eigenvalue weighted by atomic mass is 9.85. The van der Waals surface area contributed by atoms with Crippen molar-refractivity contribution in [3.05, 3.63) is 52.6 Å². The van der Waals surface area contributed by atoms with E-state index in [4.69, 9.17) is 0 Å². The monoisotopic (exact) mass is 359 g/mol. The summed E-state index contributed by atoms with van der Waals surface area (Å²) in [6.45, 7) is 10.4. The molecule has 2 aromatic rings. The van der Waals surface area contributed by atoms with Gasteiger partial charge in [-0.1, -0.05) is 32.9 Å². The number of nitrogens with zero attached hydrogens (tertiary/aromatic N) is 2. The molecule has 1 aromatic carbocycles. The Morgan fingerprint density at radius 2 is 1.85 bits per heavy atom. The second kappa shape index (κ2) is 8.02. The Morgan fingerprint density at radius 3 is 2.35 bits per heavy atom. The van der Waals surface area contributed by atoms with Gasteiger partial charge in [-0.05, 0) is 55.4 Å². The van der Waals surface area contributed by atoms with Crippen LogP contribution in [0.25, 0.3) is 0 Å². The number of halogens is 1. The first-order valence-corrected chi connectivity index (χ1v) is 9.11. The Bertz CT molecular complexity index is 757. The molecule has 1 amide bonds. The number of carbonyl (C=O) groups is 1. The van der Waals surface area contributed by atoms with E-state index in [2.05, 4.69) is 31.2 Å². The summed E-state index contributed by atoms with van der Waals surface area (Å²) in [6, 6.07) is 6.27. The van der Waals surface area contributed by atoms with Crippen LogP contribution in [-0.4, -0.2) is 15.7 Å². The molecule has 4 nitrogen and oxygen atoms in total. The summed E-state index contributed by atoms with van der Waals surface area (Å²) in [5, 5.41) is 7.54. The van der Waals surface area contributed by atoms with E-state index < -0.39 is 0 Å². The lowest BCUT2D eigenvalue weighted by molar-refractivity contribution is -0.122. The van der Waals surface area contributed by atoms with Gasteiger partial charge in [0.05, 0.1) is 11.7 Å². The summed E-state index contributed by atoms with van der Waals surface area (Å²) in [6.07, 6.45) is 1.87. The molecule has 0 aliphatic rings. The Kier molecular flexibility index (Phi) is 6.21. The van der Waals surface area contributed by atoms with E-state index in [0.717, 1.165) is 28.9 Å². The van der Waals surface area contributed by atoms with Crippen LogP contribution in [0.15, 0.2) is 24.3 Å². The number of benzene rings is 1. The third-order valence-electron chi connectivity index (χ3n) is 4.69. The molecule has 0 aliphatic carbocycles. The molecule has 5 heteroatoms. The Labute approximate surface area is 155 Å². The molecule has 0 spiro atoms. The molecule has 2 rings (SSSR count). The third kappa shape index (κ3) is 5.41. The van der Waals surface area contributed by atoms with Crippen LogP contribution in [0, 0.1) is 25.1 Å². The van der Waals surface area contributed by atoms with Crippen LogP contribution in [-0.2, 0) is 18.3 Å². The quantitative estimate of drug-likeness (QED) is 0.831. The summed E-state index contributed by atoms with van der Waals surface area (Å²) in [5.41, 5.74) is 4.19. The van der Waals surface area contributed by atoms with Crippen LogP contribution in [0.5, 0.6) is 0 Å². The van der Waals surface area contributed by atoms with Gasteiger partial charge in [-0.3, -0.25) is 9.48 Å². The number of amides is 1. The molecule has 0 aliphatic heterocycles. The minimum Gasteiger partial charge on any atom is -0.349 e. The van der Waals surface area contributed by atoms with Gasteiger partial charge in [0.1, 0.15) is 5.82 Å². The topological polar surface area (TPSA) is 46.9 Å². The first kappa shape index (κ1) is 20.1. The molecule has 142 valence electrons. The minimum atomic E-state index is -0.267. The fourth-order valence-corrected chi connectivity index (χ4v) is 3.24. The number of rotatable bonds is 6. The van der Waals surface area contributed by atoms with Crippen LogP contribution in [0.1, 0.15) is 62.2 Å². The van der Waals surface area contributed by atoms with E-state index in [1.54, 1.807) is 12.1 Å². The van der Waals surface area contributed by atoms with Crippen LogP contribution < -0.4 is 5.32 Å². The normalized spacial score (nSPS) is 12.9. The molecule has 1 heterocycles. The van der Waals surface area contributed by atoms with Crippen molar-refractivity contribution in [2.75, 3.05) is 0 Å².